The zero-order chi connectivity index (χ0) is 33.4. The summed E-state index contributed by atoms with van der Waals surface area (Å²) >= 11 is 0. The van der Waals surface area contributed by atoms with E-state index in [1.54, 1.807) is 59.5 Å². The van der Waals surface area contributed by atoms with Crippen LogP contribution >= 0.6 is 0 Å². The van der Waals surface area contributed by atoms with Gasteiger partial charge in [0, 0.05) is 43.7 Å². The van der Waals surface area contributed by atoms with Gasteiger partial charge in [0.1, 0.15) is 0 Å². The van der Waals surface area contributed by atoms with Crippen molar-refractivity contribution in [2.45, 2.75) is 53.0 Å². The largest absolute Gasteiger partial charge is 0.481 e. The number of nitriles is 1. The molecule has 3 N–H and O–H groups in total. The minimum atomic E-state index is -1.04. The van der Waals surface area contributed by atoms with E-state index in [0.29, 0.717) is 55.0 Å². The van der Waals surface area contributed by atoms with Crippen molar-refractivity contribution in [2.75, 3.05) is 36.4 Å². The Hall–Kier alpha value is -5.17. The molecule has 1 atom stereocenters. The molecule has 0 saturated carbocycles. The number of carboxylic acid groups (broad SMARTS) is 1. The number of carbonyl (C=O) groups is 4. The number of hydrogen-bond acceptors (Lipinski definition) is 6. The van der Waals surface area contributed by atoms with Gasteiger partial charge in [-0.3, -0.25) is 19.2 Å². The third-order valence-corrected chi connectivity index (χ3v) is 7.77. The zero-order valence-electron chi connectivity index (χ0n) is 26.8. The first-order valence-corrected chi connectivity index (χ1v) is 15.4. The second kappa shape index (κ2) is 14.7. The number of benzene rings is 3. The molecular formula is C36H41N5O5. The van der Waals surface area contributed by atoms with Crippen molar-refractivity contribution in [3.8, 4) is 6.07 Å². The third kappa shape index (κ3) is 9.17. The maximum absolute atomic E-state index is 13.5. The lowest BCUT2D eigenvalue weighted by Crippen LogP contribution is -2.35. The standard InChI is InChI=1S/C36H41N5O5/c1-24-6-10-26(11-7-24)29(21-33(43)44)39-34(45)28-14-15-31(30(20-28)38-32(42)22-36(2,3)4)40-16-5-17-41(19-18-40)35(46)27-12-8-25(23-37)9-13-27/h6-15,20,29H,5,16-19,21-22H2,1-4H3,(H,38,42)(H,39,45)(H,43,44). The molecule has 240 valence electrons. The molecule has 0 aliphatic carbocycles. The first kappa shape index (κ1) is 33.7. The number of hydrogen-bond donors (Lipinski definition) is 3. The number of nitrogens with zero attached hydrogens (tertiary/aromatic N) is 3. The van der Waals surface area contributed by atoms with Crippen LogP contribution in [0.4, 0.5) is 11.4 Å². The minimum Gasteiger partial charge on any atom is -0.481 e. The summed E-state index contributed by atoms with van der Waals surface area (Å²) in [7, 11) is 0. The van der Waals surface area contributed by atoms with E-state index in [9.17, 15) is 24.3 Å². The highest BCUT2D eigenvalue weighted by Gasteiger charge is 2.25. The fraction of sp³-hybridized carbons (Fsp3) is 0.361. The number of carboxylic acids is 1. The van der Waals surface area contributed by atoms with Crippen LogP contribution in [0.25, 0.3) is 0 Å². The van der Waals surface area contributed by atoms with E-state index in [2.05, 4.69) is 21.6 Å². The van der Waals surface area contributed by atoms with Crippen LogP contribution in [0.2, 0.25) is 0 Å². The molecule has 10 nitrogen and oxygen atoms in total. The van der Waals surface area contributed by atoms with Crippen LogP contribution < -0.4 is 15.5 Å². The van der Waals surface area contributed by atoms with E-state index in [1.165, 1.54) is 0 Å². The molecular weight excluding hydrogens is 582 g/mol. The summed E-state index contributed by atoms with van der Waals surface area (Å²) in [6, 6.07) is 20.3. The highest BCUT2D eigenvalue weighted by Crippen LogP contribution is 2.31. The van der Waals surface area contributed by atoms with Crippen LogP contribution in [0.3, 0.4) is 0 Å². The lowest BCUT2D eigenvalue weighted by molar-refractivity contribution is -0.137. The summed E-state index contributed by atoms with van der Waals surface area (Å²) in [5.41, 5.74) is 3.93. The average molecular weight is 624 g/mol. The second-order valence-electron chi connectivity index (χ2n) is 12.9. The molecule has 3 amide bonds. The van der Waals surface area contributed by atoms with Crippen LogP contribution in [0.15, 0.2) is 66.7 Å². The summed E-state index contributed by atoms with van der Waals surface area (Å²) in [5.74, 6) is -1.80. The van der Waals surface area contributed by atoms with Crippen LogP contribution in [0.1, 0.15) is 83.5 Å². The molecule has 0 bridgehead atoms. The molecule has 1 aliphatic heterocycles. The summed E-state index contributed by atoms with van der Waals surface area (Å²) in [4.78, 5) is 55.3. The van der Waals surface area contributed by atoms with Gasteiger partial charge in [0.15, 0.2) is 0 Å². The number of anilines is 2. The number of rotatable bonds is 9. The Morgan fingerprint density at radius 2 is 1.59 bits per heavy atom. The van der Waals surface area contributed by atoms with Gasteiger partial charge in [0.25, 0.3) is 11.8 Å². The van der Waals surface area contributed by atoms with E-state index in [0.717, 1.165) is 11.3 Å². The smallest absolute Gasteiger partial charge is 0.305 e. The number of carbonyl (C=O) groups excluding carboxylic acids is 3. The van der Waals surface area contributed by atoms with Gasteiger partial charge in [-0.05, 0) is 66.8 Å². The molecule has 3 aromatic carbocycles. The van der Waals surface area contributed by atoms with Crippen molar-refractivity contribution in [3.63, 3.8) is 0 Å². The molecule has 0 spiro atoms. The van der Waals surface area contributed by atoms with E-state index < -0.39 is 17.9 Å². The maximum atomic E-state index is 13.5. The Balaban J connectivity index is 1.57. The van der Waals surface area contributed by atoms with Crippen molar-refractivity contribution < 1.29 is 24.3 Å². The monoisotopic (exact) mass is 623 g/mol. The van der Waals surface area contributed by atoms with E-state index in [1.807, 2.05) is 39.8 Å². The molecule has 10 heteroatoms. The van der Waals surface area contributed by atoms with Gasteiger partial charge in [-0.2, -0.15) is 5.26 Å². The quantitative estimate of drug-likeness (QED) is 0.284. The number of amides is 3. The molecule has 1 unspecified atom stereocenters. The fourth-order valence-electron chi connectivity index (χ4n) is 5.43. The van der Waals surface area contributed by atoms with Crippen LogP contribution in [-0.2, 0) is 9.59 Å². The maximum Gasteiger partial charge on any atom is 0.305 e. The molecule has 1 heterocycles. The van der Waals surface area contributed by atoms with Gasteiger partial charge < -0.3 is 25.5 Å². The van der Waals surface area contributed by atoms with Gasteiger partial charge in [-0.15, -0.1) is 0 Å². The summed E-state index contributed by atoms with van der Waals surface area (Å²) < 4.78 is 0. The molecule has 46 heavy (non-hydrogen) atoms. The molecule has 0 aromatic heterocycles. The molecule has 0 radical (unpaired) electrons. The molecule has 1 saturated heterocycles. The fourth-order valence-corrected chi connectivity index (χ4v) is 5.43. The summed E-state index contributed by atoms with van der Waals surface area (Å²) in [5, 5.41) is 24.5. The van der Waals surface area contributed by atoms with Gasteiger partial charge >= 0.3 is 5.97 Å². The Bertz CT molecular complexity index is 1620. The topological polar surface area (TPSA) is 143 Å². The van der Waals surface area contributed by atoms with Crippen LogP contribution in [0.5, 0.6) is 0 Å². The van der Waals surface area contributed by atoms with Crippen molar-refractivity contribution in [3.05, 3.63) is 94.5 Å². The first-order chi connectivity index (χ1) is 21.8. The van der Waals surface area contributed by atoms with Crippen molar-refractivity contribution in [1.82, 2.24) is 10.2 Å². The normalized spacial score (nSPS) is 14.1. The number of aliphatic carboxylic acids is 1. The highest BCUT2D eigenvalue weighted by atomic mass is 16.4. The first-order valence-electron chi connectivity index (χ1n) is 15.4. The second-order valence-corrected chi connectivity index (χ2v) is 12.9. The molecule has 4 rings (SSSR count). The lowest BCUT2D eigenvalue weighted by Gasteiger charge is -2.27. The highest BCUT2D eigenvalue weighted by molar-refractivity contribution is 6.00. The molecule has 1 aliphatic rings. The van der Waals surface area contributed by atoms with Crippen molar-refractivity contribution in [2.24, 2.45) is 5.41 Å². The molecule has 3 aromatic rings. The van der Waals surface area contributed by atoms with Gasteiger partial charge in [0.05, 0.1) is 35.5 Å². The predicted molar refractivity (Wildman–Crippen MR) is 177 cm³/mol. The third-order valence-electron chi connectivity index (χ3n) is 7.77. The average Bonchev–Trinajstić information content (AvgIpc) is 3.26. The predicted octanol–water partition coefficient (Wildman–Crippen LogP) is 5.54. The SMILES string of the molecule is Cc1ccc(C(CC(=O)O)NC(=O)c2ccc(N3CCCN(C(=O)c4ccc(C#N)cc4)CC3)c(NC(=O)CC(C)(C)C)c2)cc1. The van der Waals surface area contributed by atoms with Crippen molar-refractivity contribution in [1.29, 1.82) is 5.26 Å². The van der Waals surface area contributed by atoms with E-state index >= 15 is 0 Å². The van der Waals surface area contributed by atoms with E-state index in [-0.39, 0.29) is 35.6 Å². The van der Waals surface area contributed by atoms with Crippen LogP contribution in [0, 0.1) is 23.7 Å². The Morgan fingerprint density at radius 1 is 0.913 bits per heavy atom. The Labute approximate surface area is 270 Å². The zero-order valence-corrected chi connectivity index (χ0v) is 26.8. The van der Waals surface area contributed by atoms with Gasteiger partial charge in [-0.25, -0.2) is 0 Å². The Kier molecular flexibility index (Phi) is 10.8. The van der Waals surface area contributed by atoms with E-state index in [4.69, 9.17) is 5.26 Å². The minimum absolute atomic E-state index is 0.110. The summed E-state index contributed by atoms with van der Waals surface area (Å²) in [6.45, 7) is 9.97. The van der Waals surface area contributed by atoms with Gasteiger partial charge in [0.2, 0.25) is 5.91 Å². The summed E-state index contributed by atoms with van der Waals surface area (Å²) in [6.07, 6.45) is 0.671. The molecule has 1 fully saturated rings. The van der Waals surface area contributed by atoms with Crippen molar-refractivity contribution >= 4 is 35.1 Å². The number of nitrogens with one attached hydrogen (secondary N) is 2. The van der Waals surface area contributed by atoms with Crippen LogP contribution in [-0.4, -0.2) is 59.9 Å². The Morgan fingerprint density at radius 3 is 2.22 bits per heavy atom. The van der Waals surface area contributed by atoms with Gasteiger partial charge in [-0.1, -0.05) is 50.6 Å². The number of aryl methyl sites for hydroxylation is 1. The lowest BCUT2D eigenvalue weighted by atomic mass is 9.92.